The van der Waals surface area contributed by atoms with E-state index in [4.69, 9.17) is 0 Å². The van der Waals surface area contributed by atoms with E-state index in [1.54, 1.807) is 19.3 Å². The molecule has 3 saturated carbocycles. The summed E-state index contributed by atoms with van der Waals surface area (Å²) in [7, 11) is 2.26. The minimum atomic E-state index is 0.945. The molecular formula is C15H26N2. The normalized spacial score (nSPS) is 49.6. The molecule has 17 heavy (non-hydrogen) atoms. The smallest absolute Gasteiger partial charge is 0.0136 e. The first-order valence-corrected chi connectivity index (χ1v) is 7.75. The fraction of sp³-hybridized carbons (Fsp3) is 1.00. The molecule has 0 radical (unpaired) electrons. The molecule has 2 nitrogen and oxygen atoms in total. The molecule has 1 aliphatic heterocycles. The number of hydrogen-bond donors (Lipinski definition) is 1. The molecule has 3 aliphatic carbocycles. The zero-order valence-electron chi connectivity index (χ0n) is 11.1. The molecule has 4 aliphatic rings. The van der Waals surface area contributed by atoms with Crippen LogP contribution in [0.15, 0.2) is 0 Å². The van der Waals surface area contributed by atoms with Crippen LogP contribution in [0, 0.1) is 29.6 Å². The van der Waals surface area contributed by atoms with Crippen molar-refractivity contribution in [3.8, 4) is 0 Å². The van der Waals surface area contributed by atoms with Gasteiger partial charge in [-0.3, -0.25) is 0 Å². The van der Waals surface area contributed by atoms with E-state index in [2.05, 4.69) is 17.3 Å². The average molecular weight is 234 g/mol. The van der Waals surface area contributed by atoms with Gasteiger partial charge in [-0.2, -0.15) is 0 Å². The Kier molecular flexibility index (Phi) is 2.52. The number of hydrogen-bond acceptors (Lipinski definition) is 2. The fourth-order valence-electron chi connectivity index (χ4n) is 5.17. The minimum Gasteiger partial charge on any atom is -0.313 e. The van der Waals surface area contributed by atoms with E-state index in [1.807, 2.05) is 0 Å². The zero-order valence-corrected chi connectivity index (χ0v) is 11.1. The molecule has 0 aromatic carbocycles. The third kappa shape index (κ3) is 1.76. The predicted molar refractivity (Wildman–Crippen MR) is 69.8 cm³/mol. The Hall–Kier alpha value is -0.0800. The Balaban J connectivity index is 1.25. The molecule has 0 spiro atoms. The van der Waals surface area contributed by atoms with Gasteiger partial charge >= 0.3 is 0 Å². The number of piperidine rings is 1. The molecule has 1 heterocycles. The largest absolute Gasteiger partial charge is 0.313 e. The van der Waals surface area contributed by atoms with E-state index in [-0.39, 0.29) is 0 Å². The van der Waals surface area contributed by atoms with Gasteiger partial charge in [-0.15, -0.1) is 0 Å². The molecule has 0 aromatic heterocycles. The van der Waals surface area contributed by atoms with Crippen LogP contribution in [0.1, 0.15) is 32.1 Å². The zero-order chi connectivity index (χ0) is 11.4. The van der Waals surface area contributed by atoms with Gasteiger partial charge in [-0.1, -0.05) is 0 Å². The second kappa shape index (κ2) is 3.96. The summed E-state index contributed by atoms with van der Waals surface area (Å²) < 4.78 is 0. The van der Waals surface area contributed by atoms with Crippen molar-refractivity contribution in [1.82, 2.24) is 10.2 Å². The summed E-state index contributed by atoms with van der Waals surface area (Å²) in [6.45, 7) is 3.94. The Bertz CT molecular complexity index is 279. The SMILES string of the molecule is CN1CCC(CNC2C3C4CCC(C4)C23)CC1. The van der Waals surface area contributed by atoms with Gasteiger partial charge in [0.1, 0.15) is 0 Å². The lowest BCUT2D eigenvalue weighted by atomic mass is 9.97. The summed E-state index contributed by atoms with van der Waals surface area (Å²) in [4.78, 5) is 2.47. The summed E-state index contributed by atoms with van der Waals surface area (Å²) in [6, 6.07) is 0.945. The first-order valence-electron chi connectivity index (χ1n) is 7.75. The molecule has 96 valence electrons. The average Bonchev–Trinajstić information content (AvgIpc) is 2.74. The first-order chi connectivity index (χ1) is 8.33. The van der Waals surface area contributed by atoms with Crippen molar-refractivity contribution in [1.29, 1.82) is 0 Å². The van der Waals surface area contributed by atoms with Gasteiger partial charge in [0.15, 0.2) is 0 Å². The Labute approximate surface area is 105 Å². The van der Waals surface area contributed by atoms with Crippen LogP contribution in [0.4, 0.5) is 0 Å². The number of nitrogens with zero attached hydrogens (tertiary/aromatic N) is 1. The van der Waals surface area contributed by atoms with Crippen molar-refractivity contribution < 1.29 is 0 Å². The monoisotopic (exact) mass is 234 g/mol. The first kappa shape index (κ1) is 10.8. The number of fused-ring (bicyclic) bond motifs is 5. The van der Waals surface area contributed by atoms with Crippen LogP contribution < -0.4 is 5.32 Å². The quantitative estimate of drug-likeness (QED) is 0.803. The van der Waals surface area contributed by atoms with Gasteiger partial charge in [0.25, 0.3) is 0 Å². The van der Waals surface area contributed by atoms with E-state index >= 15 is 0 Å². The highest BCUT2D eigenvalue weighted by atomic mass is 15.1. The highest BCUT2D eigenvalue weighted by Gasteiger charge is 2.64. The van der Waals surface area contributed by atoms with Crippen molar-refractivity contribution in [3.05, 3.63) is 0 Å². The molecule has 2 bridgehead atoms. The van der Waals surface area contributed by atoms with Gasteiger partial charge in [0.2, 0.25) is 0 Å². The van der Waals surface area contributed by atoms with Crippen LogP contribution in [-0.4, -0.2) is 37.6 Å². The number of likely N-dealkylation sites (tertiary alicyclic amines) is 1. The highest BCUT2D eigenvalue weighted by molar-refractivity contribution is 5.16. The topological polar surface area (TPSA) is 15.3 Å². The van der Waals surface area contributed by atoms with E-state index in [1.165, 1.54) is 32.5 Å². The van der Waals surface area contributed by atoms with Gasteiger partial charge in [0.05, 0.1) is 0 Å². The van der Waals surface area contributed by atoms with Crippen molar-refractivity contribution >= 4 is 0 Å². The van der Waals surface area contributed by atoms with Crippen LogP contribution in [0.25, 0.3) is 0 Å². The van der Waals surface area contributed by atoms with Crippen molar-refractivity contribution in [2.45, 2.75) is 38.1 Å². The standard InChI is InChI=1S/C15H26N2/c1-17-6-4-10(5-7-17)9-16-15-13-11-2-3-12(8-11)14(13)15/h10-16H,2-9H2,1H3. The molecule has 4 fully saturated rings. The molecule has 1 saturated heterocycles. The van der Waals surface area contributed by atoms with Crippen LogP contribution in [0.2, 0.25) is 0 Å². The molecule has 4 unspecified atom stereocenters. The van der Waals surface area contributed by atoms with Crippen LogP contribution in [0.5, 0.6) is 0 Å². The maximum Gasteiger partial charge on any atom is 0.0136 e. The summed E-state index contributed by atoms with van der Waals surface area (Å²) in [5.41, 5.74) is 0. The minimum absolute atomic E-state index is 0.945. The Morgan fingerprint density at radius 3 is 2.29 bits per heavy atom. The molecule has 4 atom stereocenters. The lowest BCUT2D eigenvalue weighted by molar-refractivity contribution is 0.214. The van der Waals surface area contributed by atoms with Crippen LogP contribution >= 0.6 is 0 Å². The second-order valence-electron chi connectivity index (χ2n) is 7.17. The molecule has 0 aromatic rings. The third-order valence-corrected chi connectivity index (χ3v) is 6.22. The Morgan fingerprint density at radius 1 is 1.00 bits per heavy atom. The third-order valence-electron chi connectivity index (χ3n) is 6.22. The fourth-order valence-corrected chi connectivity index (χ4v) is 5.17. The molecule has 4 rings (SSSR count). The summed E-state index contributed by atoms with van der Waals surface area (Å²) in [5.74, 6) is 5.44. The molecule has 1 N–H and O–H groups in total. The van der Waals surface area contributed by atoms with Gasteiger partial charge in [-0.05, 0) is 88.4 Å². The van der Waals surface area contributed by atoms with Gasteiger partial charge in [-0.25, -0.2) is 0 Å². The lowest BCUT2D eigenvalue weighted by Gasteiger charge is -2.29. The molecule has 2 heteroatoms. The maximum atomic E-state index is 3.93. The van der Waals surface area contributed by atoms with E-state index in [0.717, 1.165) is 35.6 Å². The molecular weight excluding hydrogens is 208 g/mol. The van der Waals surface area contributed by atoms with E-state index in [0.29, 0.717) is 0 Å². The summed E-state index contributed by atoms with van der Waals surface area (Å²) in [6.07, 6.45) is 7.52. The van der Waals surface area contributed by atoms with Crippen LogP contribution in [-0.2, 0) is 0 Å². The van der Waals surface area contributed by atoms with Crippen molar-refractivity contribution in [2.75, 3.05) is 26.7 Å². The van der Waals surface area contributed by atoms with Gasteiger partial charge in [0, 0.05) is 6.04 Å². The molecule has 0 amide bonds. The van der Waals surface area contributed by atoms with Gasteiger partial charge < -0.3 is 10.2 Å². The Morgan fingerprint density at radius 2 is 1.65 bits per heavy atom. The summed E-state index contributed by atoms with van der Waals surface area (Å²) in [5, 5.41) is 3.93. The second-order valence-corrected chi connectivity index (χ2v) is 7.17. The maximum absolute atomic E-state index is 3.93. The number of rotatable bonds is 3. The van der Waals surface area contributed by atoms with Crippen LogP contribution in [0.3, 0.4) is 0 Å². The highest BCUT2D eigenvalue weighted by Crippen LogP contribution is 2.65. The predicted octanol–water partition coefficient (Wildman–Crippen LogP) is 1.96. The van der Waals surface area contributed by atoms with E-state index < -0.39 is 0 Å². The number of nitrogens with one attached hydrogen (secondary N) is 1. The van der Waals surface area contributed by atoms with Crippen molar-refractivity contribution in [2.24, 2.45) is 29.6 Å². The van der Waals surface area contributed by atoms with Crippen molar-refractivity contribution in [3.63, 3.8) is 0 Å². The summed E-state index contributed by atoms with van der Waals surface area (Å²) >= 11 is 0. The lowest BCUT2D eigenvalue weighted by Crippen LogP contribution is -2.36. The van der Waals surface area contributed by atoms with E-state index in [9.17, 15) is 0 Å².